The van der Waals surface area contributed by atoms with E-state index >= 15 is 0 Å². The summed E-state index contributed by atoms with van der Waals surface area (Å²) in [7, 11) is 0. The van der Waals surface area contributed by atoms with Gasteiger partial charge in [-0.2, -0.15) is 0 Å². The molecule has 0 spiro atoms. The van der Waals surface area contributed by atoms with Crippen LogP contribution in [0, 0.1) is 12.3 Å². The fraction of sp³-hybridized carbons (Fsp3) is 0.600. The predicted octanol–water partition coefficient (Wildman–Crippen LogP) is 3.75. The monoisotopic (exact) mass is 217 g/mol. The van der Waals surface area contributed by atoms with Gasteiger partial charge < -0.3 is 5.73 Å². The van der Waals surface area contributed by atoms with E-state index in [1.807, 2.05) is 0 Å². The van der Waals surface area contributed by atoms with Crippen LogP contribution in [-0.4, -0.2) is 0 Å². The topological polar surface area (TPSA) is 26.0 Å². The summed E-state index contributed by atoms with van der Waals surface area (Å²) in [4.78, 5) is 0. The minimum Gasteiger partial charge on any atom is -0.321 e. The van der Waals surface area contributed by atoms with Gasteiger partial charge in [0, 0.05) is 5.54 Å². The van der Waals surface area contributed by atoms with E-state index in [9.17, 15) is 0 Å². The van der Waals surface area contributed by atoms with Crippen molar-refractivity contribution in [1.82, 2.24) is 0 Å². The molecular formula is C15H23N. The number of hydrogen-bond acceptors (Lipinski definition) is 1. The van der Waals surface area contributed by atoms with Crippen LogP contribution in [0.1, 0.15) is 50.7 Å². The molecule has 1 aromatic rings. The summed E-state index contributed by atoms with van der Waals surface area (Å²) in [5.41, 5.74) is 9.57. The van der Waals surface area contributed by atoms with Gasteiger partial charge in [0.15, 0.2) is 0 Å². The normalized spacial score (nSPS) is 23.0. The lowest BCUT2D eigenvalue weighted by atomic mass is 9.67. The van der Waals surface area contributed by atoms with Crippen molar-refractivity contribution in [3.8, 4) is 0 Å². The molecule has 16 heavy (non-hydrogen) atoms. The molecule has 0 saturated heterocycles. The Morgan fingerprint density at radius 2 is 1.44 bits per heavy atom. The van der Waals surface area contributed by atoms with E-state index in [4.69, 9.17) is 5.73 Å². The Morgan fingerprint density at radius 1 is 0.938 bits per heavy atom. The maximum Gasteiger partial charge on any atom is 0.0410 e. The second kappa shape index (κ2) is 3.89. The first-order valence-electron chi connectivity index (χ1n) is 6.27. The van der Waals surface area contributed by atoms with Gasteiger partial charge in [0.1, 0.15) is 0 Å². The van der Waals surface area contributed by atoms with Crippen molar-refractivity contribution in [2.24, 2.45) is 11.1 Å². The molecule has 1 heteroatoms. The predicted molar refractivity (Wildman–Crippen MR) is 69.3 cm³/mol. The van der Waals surface area contributed by atoms with Gasteiger partial charge in [0.05, 0.1) is 0 Å². The van der Waals surface area contributed by atoms with Crippen LogP contribution in [0.3, 0.4) is 0 Å². The van der Waals surface area contributed by atoms with Crippen LogP contribution in [-0.2, 0) is 5.54 Å². The Labute approximate surface area is 99.0 Å². The molecule has 1 nitrogen and oxygen atoms in total. The van der Waals surface area contributed by atoms with E-state index in [1.54, 1.807) is 0 Å². The van der Waals surface area contributed by atoms with Crippen molar-refractivity contribution in [2.75, 3.05) is 0 Å². The van der Waals surface area contributed by atoms with E-state index in [0.29, 0.717) is 5.41 Å². The lowest BCUT2D eigenvalue weighted by molar-refractivity contribution is 0.165. The van der Waals surface area contributed by atoms with Crippen molar-refractivity contribution < 1.29 is 0 Å². The maximum absolute atomic E-state index is 6.55. The van der Waals surface area contributed by atoms with Crippen molar-refractivity contribution in [3.63, 3.8) is 0 Å². The zero-order valence-electron chi connectivity index (χ0n) is 10.7. The van der Waals surface area contributed by atoms with Gasteiger partial charge in [-0.1, -0.05) is 43.7 Å². The summed E-state index contributed by atoms with van der Waals surface area (Å²) in [6.45, 7) is 6.82. The van der Waals surface area contributed by atoms with Gasteiger partial charge in [-0.15, -0.1) is 0 Å². The fourth-order valence-electron chi connectivity index (χ4n) is 2.55. The number of rotatable bonds is 1. The summed E-state index contributed by atoms with van der Waals surface area (Å²) in [5, 5.41) is 0. The van der Waals surface area contributed by atoms with Gasteiger partial charge in [0.25, 0.3) is 0 Å². The van der Waals surface area contributed by atoms with E-state index in [-0.39, 0.29) is 5.54 Å². The van der Waals surface area contributed by atoms with E-state index < -0.39 is 0 Å². The molecule has 0 aromatic heterocycles. The maximum atomic E-state index is 6.55. The molecule has 0 radical (unpaired) electrons. The first-order valence-corrected chi connectivity index (χ1v) is 6.27. The van der Waals surface area contributed by atoms with Gasteiger partial charge in [-0.05, 0) is 43.6 Å². The molecule has 0 amide bonds. The summed E-state index contributed by atoms with van der Waals surface area (Å²) in [6.07, 6.45) is 4.70. The first kappa shape index (κ1) is 11.7. The second-order valence-corrected chi connectivity index (χ2v) is 6.19. The number of aryl methyl sites for hydroxylation is 1. The Hall–Kier alpha value is -0.820. The number of nitrogens with two attached hydrogens (primary N) is 1. The lowest BCUT2D eigenvalue weighted by Crippen LogP contribution is -2.42. The molecule has 1 aromatic carbocycles. The first-order chi connectivity index (χ1) is 7.41. The zero-order valence-corrected chi connectivity index (χ0v) is 10.7. The molecule has 1 fully saturated rings. The third kappa shape index (κ3) is 2.30. The van der Waals surface area contributed by atoms with Crippen LogP contribution < -0.4 is 5.73 Å². The average molecular weight is 217 g/mol. The summed E-state index contributed by atoms with van der Waals surface area (Å²) >= 11 is 0. The summed E-state index contributed by atoms with van der Waals surface area (Å²) in [6, 6.07) is 8.74. The molecule has 1 aliphatic carbocycles. The number of benzene rings is 1. The van der Waals surface area contributed by atoms with Crippen LogP contribution >= 0.6 is 0 Å². The van der Waals surface area contributed by atoms with Crippen molar-refractivity contribution in [3.05, 3.63) is 35.4 Å². The molecule has 2 rings (SSSR count). The highest BCUT2D eigenvalue weighted by Crippen LogP contribution is 2.43. The Kier molecular flexibility index (Phi) is 2.83. The van der Waals surface area contributed by atoms with Gasteiger partial charge in [-0.25, -0.2) is 0 Å². The molecule has 0 aliphatic heterocycles. The largest absolute Gasteiger partial charge is 0.321 e. The third-order valence-corrected chi connectivity index (χ3v) is 4.12. The molecule has 1 saturated carbocycles. The summed E-state index contributed by atoms with van der Waals surface area (Å²) < 4.78 is 0. The standard InChI is InChI=1S/C15H23N/c1-12-4-6-13(7-5-12)15(16)10-8-14(2,3)9-11-15/h4-7H,8-11,16H2,1-3H3. The Bertz CT molecular complexity index is 352. The zero-order chi connectivity index (χ0) is 11.8. The Balaban J connectivity index is 2.18. The minimum absolute atomic E-state index is 0.0801. The van der Waals surface area contributed by atoms with Gasteiger partial charge in [-0.3, -0.25) is 0 Å². The molecular weight excluding hydrogens is 194 g/mol. The van der Waals surface area contributed by atoms with Gasteiger partial charge in [0.2, 0.25) is 0 Å². The van der Waals surface area contributed by atoms with E-state index in [2.05, 4.69) is 45.0 Å². The highest BCUT2D eigenvalue weighted by Gasteiger charge is 2.36. The molecule has 2 N–H and O–H groups in total. The average Bonchev–Trinajstić information content (AvgIpc) is 2.24. The second-order valence-electron chi connectivity index (χ2n) is 6.19. The van der Waals surface area contributed by atoms with Crippen LogP contribution in [0.4, 0.5) is 0 Å². The van der Waals surface area contributed by atoms with Crippen molar-refractivity contribution in [1.29, 1.82) is 0 Å². The quantitative estimate of drug-likeness (QED) is 0.761. The molecule has 0 heterocycles. The van der Waals surface area contributed by atoms with Gasteiger partial charge >= 0.3 is 0 Å². The highest BCUT2D eigenvalue weighted by molar-refractivity contribution is 5.28. The van der Waals surface area contributed by atoms with Crippen LogP contribution in [0.2, 0.25) is 0 Å². The molecule has 88 valence electrons. The van der Waals surface area contributed by atoms with Crippen LogP contribution in [0.5, 0.6) is 0 Å². The summed E-state index contributed by atoms with van der Waals surface area (Å²) in [5.74, 6) is 0. The fourth-order valence-corrected chi connectivity index (χ4v) is 2.55. The van der Waals surface area contributed by atoms with E-state index in [1.165, 1.54) is 24.0 Å². The molecule has 0 unspecified atom stereocenters. The van der Waals surface area contributed by atoms with Crippen molar-refractivity contribution in [2.45, 2.75) is 52.0 Å². The lowest BCUT2D eigenvalue weighted by Gasteiger charge is -2.41. The number of hydrogen-bond donors (Lipinski definition) is 1. The van der Waals surface area contributed by atoms with Crippen LogP contribution in [0.15, 0.2) is 24.3 Å². The molecule has 1 aliphatic rings. The highest BCUT2D eigenvalue weighted by atomic mass is 14.8. The van der Waals surface area contributed by atoms with Crippen molar-refractivity contribution >= 4 is 0 Å². The van der Waals surface area contributed by atoms with E-state index in [0.717, 1.165) is 12.8 Å². The molecule has 0 atom stereocenters. The Morgan fingerprint density at radius 3 is 1.94 bits per heavy atom. The van der Waals surface area contributed by atoms with Crippen LogP contribution in [0.25, 0.3) is 0 Å². The minimum atomic E-state index is -0.0801. The SMILES string of the molecule is Cc1ccc(C2(N)CCC(C)(C)CC2)cc1. The smallest absolute Gasteiger partial charge is 0.0410 e. The molecule has 0 bridgehead atoms. The third-order valence-electron chi connectivity index (χ3n) is 4.12.